The van der Waals surface area contributed by atoms with Gasteiger partial charge in [0.05, 0.1) is 19.3 Å². The smallest absolute Gasteiger partial charge is 0.256 e. The lowest BCUT2D eigenvalue weighted by molar-refractivity contribution is 0.0927. The van der Waals surface area contributed by atoms with Gasteiger partial charge in [-0.3, -0.25) is 9.69 Å². The summed E-state index contributed by atoms with van der Waals surface area (Å²) in [6.07, 6.45) is 2.42. The highest BCUT2D eigenvalue weighted by molar-refractivity contribution is 5.97. The van der Waals surface area contributed by atoms with Crippen LogP contribution in [0.3, 0.4) is 0 Å². The number of rotatable bonds is 4. The predicted octanol–water partition coefficient (Wildman–Crippen LogP) is 1.06. The number of carbonyl (C=O) groups is 1. The Bertz CT molecular complexity index is 428. The second kappa shape index (κ2) is 5.73. The van der Waals surface area contributed by atoms with E-state index in [9.17, 15) is 4.79 Å². The first-order valence-electron chi connectivity index (χ1n) is 6.15. The molecule has 18 heavy (non-hydrogen) atoms. The Labute approximate surface area is 107 Å². The first-order valence-corrected chi connectivity index (χ1v) is 6.15. The van der Waals surface area contributed by atoms with Crippen LogP contribution in [-0.4, -0.2) is 37.7 Å². The van der Waals surface area contributed by atoms with Crippen LogP contribution in [0.4, 0.5) is 5.69 Å². The molecule has 0 saturated carbocycles. The third-order valence-electron chi connectivity index (χ3n) is 3.13. The molecule has 1 fully saturated rings. The number of nitrogen functional groups attached to an aromatic ring is 1. The van der Waals surface area contributed by atoms with Gasteiger partial charge in [0, 0.05) is 11.8 Å². The summed E-state index contributed by atoms with van der Waals surface area (Å²) in [6.45, 7) is 2.70. The summed E-state index contributed by atoms with van der Waals surface area (Å²) in [6, 6.07) is 5.05. The number of carbonyl (C=O) groups excluding carboxylic acids is 1. The van der Waals surface area contributed by atoms with Crippen molar-refractivity contribution in [2.45, 2.75) is 12.8 Å². The van der Waals surface area contributed by atoms with E-state index < -0.39 is 0 Å². The molecule has 0 bridgehead atoms. The number of nitrogens with one attached hydrogen (secondary N) is 1. The number of ether oxygens (including phenoxy) is 1. The summed E-state index contributed by atoms with van der Waals surface area (Å²) in [5.74, 6) is 0.382. The molecule has 2 rings (SSSR count). The number of methoxy groups -OCH3 is 1. The van der Waals surface area contributed by atoms with Crippen molar-refractivity contribution in [2.24, 2.45) is 0 Å². The third kappa shape index (κ3) is 2.92. The van der Waals surface area contributed by atoms with Gasteiger partial charge in [0.15, 0.2) is 0 Å². The van der Waals surface area contributed by atoms with E-state index in [1.54, 1.807) is 18.2 Å². The van der Waals surface area contributed by atoms with Gasteiger partial charge in [-0.1, -0.05) is 0 Å². The van der Waals surface area contributed by atoms with Crippen LogP contribution in [0.2, 0.25) is 0 Å². The van der Waals surface area contributed by atoms with E-state index in [-0.39, 0.29) is 5.91 Å². The maximum atomic E-state index is 12.0. The SMILES string of the molecule is COc1cc(N)ccc1C(=O)NCN1CCCC1. The largest absolute Gasteiger partial charge is 0.496 e. The minimum Gasteiger partial charge on any atom is -0.496 e. The Morgan fingerprint density at radius 2 is 2.17 bits per heavy atom. The topological polar surface area (TPSA) is 67.6 Å². The quantitative estimate of drug-likeness (QED) is 0.783. The van der Waals surface area contributed by atoms with Crippen molar-refractivity contribution in [1.82, 2.24) is 10.2 Å². The van der Waals surface area contributed by atoms with Crippen molar-refractivity contribution < 1.29 is 9.53 Å². The molecule has 1 saturated heterocycles. The maximum Gasteiger partial charge on any atom is 0.256 e. The lowest BCUT2D eigenvalue weighted by Gasteiger charge is -2.16. The van der Waals surface area contributed by atoms with Gasteiger partial charge in [-0.25, -0.2) is 0 Å². The molecule has 0 atom stereocenters. The number of likely N-dealkylation sites (tertiary alicyclic amines) is 1. The molecule has 1 amide bonds. The van der Waals surface area contributed by atoms with Crippen LogP contribution in [0.5, 0.6) is 5.75 Å². The van der Waals surface area contributed by atoms with Crippen LogP contribution in [-0.2, 0) is 0 Å². The number of anilines is 1. The van der Waals surface area contributed by atoms with E-state index in [0.29, 0.717) is 23.7 Å². The molecular formula is C13H19N3O2. The number of hydrogen-bond donors (Lipinski definition) is 2. The van der Waals surface area contributed by atoms with Gasteiger partial charge < -0.3 is 15.8 Å². The number of hydrogen-bond acceptors (Lipinski definition) is 4. The first kappa shape index (κ1) is 12.7. The second-order valence-electron chi connectivity index (χ2n) is 4.45. The Morgan fingerprint density at radius 3 is 2.83 bits per heavy atom. The van der Waals surface area contributed by atoms with Gasteiger partial charge in [-0.15, -0.1) is 0 Å². The first-order chi connectivity index (χ1) is 8.70. The molecular weight excluding hydrogens is 230 g/mol. The fraction of sp³-hybridized carbons (Fsp3) is 0.462. The number of nitrogens with two attached hydrogens (primary N) is 1. The van der Waals surface area contributed by atoms with Crippen LogP contribution in [0.25, 0.3) is 0 Å². The van der Waals surface area contributed by atoms with Crippen molar-refractivity contribution in [3.8, 4) is 5.75 Å². The highest BCUT2D eigenvalue weighted by Gasteiger charge is 2.15. The van der Waals surface area contributed by atoms with E-state index in [1.165, 1.54) is 20.0 Å². The third-order valence-corrected chi connectivity index (χ3v) is 3.13. The maximum absolute atomic E-state index is 12.0. The summed E-state index contributed by atoms with van der Waals surface area (Å²) < 4.78 is 5.16. The van der Waals surface area contributed by atoms with Crippen LogP contribution in [0.15, 0.2) is 18.2 Å². The molecule has 0 spiro atoms. The Kier molecular flexibility index (Phi) is 4.04. The molecule has 1 aromatic rings. The molecule has 1 aliphatic heterocycles. The van der Waals surface area contributed by atoms with Gasteiger partial charge in [0.1, 0.15) is 5.75 Å². The van der Waals surface area contributed by atoms with Crippen molar-refractivity contribution in [1.29, 1.82) is 0 Å². The molecule has 3 N–H and O–H groups in total. The normalized spacial score (nSPS) is 15.6. The van der Waals surface area contributed by atoms with E-state index >= 15 is 0 Å². The number of amides is 1. The molecule has 1 aromatic carbocycles. The summed E-state index contributed by atoms with van der Waals surface area (Å²) in [7, 11) is 1.53. The summed E-state index contributed by atoms with van der Waals surface area (Å²) in [4.78, 5) is 14.3. The molecule has 1 aliphatic rings. The van der Waals surface area contributed by atoms with Gasteiger partial charge in [-0.05, 0) is 38.1 Å². The molecule has 1 heterocycles. The van der Waals surface area contributed by atoms with E-state index in [1.807, 2.05) is 0 Å². The summed E-state index contributed by atoms with van der Waals surface area (Å²) in [5, 5.41) is 2.90. The van der Waals surface area contributed by atoms with Crippen molar-refractivity contribution >= 4 is 11.6 Å². The van der Waals surface area contributed by atoms with Crippen molar-refractivity contribution in [3.05, 3.63) is 23.8 Å². The molecule has 98 valence electrons. The van der Waals surface area contributed by atoms with Gasteiger partial charge in [0.25, 0.3) is 5.91 Å². The second-order valence-corrected chi connectivity index (χ2v) is 4.45. The predicted molar refractivity (Wildman–Crippen MR) is 70.5 cm³/mol. The summed E-state index contributed by atoms with van der Waals surface area (Å²) >= 11 is 0. The van der Waals surface area contributed by atoms with Crippen LogP contribution < -0.4 is 15.8 Å². The number of nitrogens with zero attached hydrogens (tertiary/aromatic N) is 1. The fourth-order valence-corrected chi connectivity index (χ4v) is 2.11. The van der Waals surface area contributed by atoms with Gasteiger partial charge in [-0.2, -0.15) is 0 Å². The standard InChI is InChI=1S/C13H19N3O2/c1-18-12-8-10(14)4-5-11(12)13(17)15-9-16-6-2-3-7-16/h4-5,8H,2-3,6-7,9,14H2,1H3,(H,15,17). The number of benzene rings is 1. The Balaban J connectivity index is 1.99. The molecule has 5 nitrogen and oxygen atoms in total. The lowest BCUT2D eigenvalue weighted by atomic mass is 10.1. The van der Waals surface area contributed by atoms with Gasteiger partial charge in [0.2, 0.25) is 0 Å². The van der Waals surface area contributed by atoms with E-state index in [4.69, 9.17) is 10.5 Å². The Hall–Kier alpha value is -1.75. The molecule has 0 aliphatic carbocycles. The van der Waals surface area contributed by atoms with Gasteiger partial charge >= 0.3 is 0 Å². The molecule has 0 radical (unpaired) electrons. The van der Waals surface area contributed by atoms with Crippen molar-refractivity contribution in [2.75, 3.05) is 32.6 Å². The average Bonchev–Trinajstić information content (AvgIpc) is 2.88. The van der Waals surface area contributed by atoms with E-state index in [2.05, 4.69) is 10.2 Å². The summed E-state index contributed by atoms with van der Waals surface area (Å²) in [5.41, 5.74) is 6.76. The molecule has 5 heteroatoms. The van der Waals surface area contributed by atoms with Crippen LogP contribution in [0, 0.1) is 0 Å². The van der Waals surface area contributed by atoms with Crippen LogP contribution >= 0.6 is 0 Å². The highest BCUT2D eigenvalue weighted by Crippen LogP contribution is 2.21. The Morgan fingerprint density at radius 1 is 1.44 bits per heavy atom. The fourth-order valence-electron chi connectivity index (χ4n) is 2.11. The zero-order valence-corrected chi connectivity index (χ0v) is 10.6. The van der Waals surface area contributed by atoms with E-state index in [0.717, 1.165) is 13.1 Å². The molecule has 0 aromatic heterocycles. The average molecular weight is 249 g/mol. The zero-order chi connectivity index (χ0) is 13.0. The van der Waals surface area contributed by atoms with Crippen molar-refractivity contribution in [3.63, 3.8) is 0 Å². The highest BCUT2D eigenvalue weighted by atomic mass is 16.5. The minimum absolute atomic E-state index is 0.126. The minimum atomic E-state index is -0.126. The molecule has 0 unspecified atom stereocenters. The van der Waals surface area contributed by atoms with Crippen LogP contribution in [0.1, 0.15) is 23.2 Å². The zero-order valence-electron chi connectivity index (χ0n) is 10.6. The monoisotopic (exact) mass is 249 g/mol. The lowest BCUT2D eigenvalue weighted by Crippen LogP contribution is -2.36.